The first kappa shape index (κ1) is 16.5. The lowest BCUT2D eigenvalue weighted by Crippen LogP contribution is -2.08. The van der Waals surface area contributed by atoms with E-state index < -0.39 is 0 Å². The lowest BCUT2D eigenvalue weighted by atomic mass is 10.0. The van der Waals surface area contributed by atoms with Crippen molar-refractivity contribution in [3.05, 3.63) is 54.6 Å². The number of fused-ring (bicyclic) bond motifs is 2. The minimum atomic E-state index is -0.131. The molecule has 0 radical (unpaired) electrons. The second-order valence-electron chi connectivity index (χ2n) is 6.29. The van der Waals surface area contributed by atoms with Gasteiger partial charge in [-0.1, -0.05) is 81.1 Å². The fourth-order valence-corrected chi connectivity index (χ4v) is 3.12. The third-order valence-corrected chi connectivity index (χ3v) is 4.42. The van der Waals surface area contributed by atoms with Gasteiger partial charge in [0.1, 0.15) is 5.75 Å². The van der Waals surface area contributed by atoms with Crippen molar-refractivity contribution in [3.8, 4) is 5.75 Å². The molecule has 0 N–H and O–H groups in total. The van der Waals surface area contributed by atoms with Gasteiger partial charge in [0.2, 0.25) is 0 Å². The van der Waals surface area contributed by atoms with Gasteiger partial charge in [0, 0.05) is 17.2 Å². The summed E-state index contributed by atoms with van der Waals surface area (Å²) in [5.41, 5.74) is 0. The second-order valence-corrected chi connectivity index (χ2v) is 6.29. The van der Waals surface area contributed by atoms with E-state index in [4.69, 9.17) is 4.74 Å². The molecule has 3 rings (SSSR count). The Bertz CT molecular complexity index is 782. The molecule has 0 aliphatic heterocycles. The van der Waals surface area contributed by atoms with Crippen molar-refractivity contribution in [1.29, 1.82) is 0 Å². The standard InChI is InChI=1S/C22H24O2/c1-2-3-4-5-6-15-21(23)24-22-19-13-9-7-11-17(19)16-18-12-8-10-14-20(18)22/h7-14,16H,2-6,15H2,1H3. The molecule has 3 aromatic rings. The van der Waals surface area contributed by atoms with Crippen LogP contribution >= 0.6 is 0 Å². The molecule has 0 saturated heterocycles. The fraction of sp³-hybridized carbons (Fsp3) is 0.318. The maximum atomic E-state index is 12.3. The monoisotopic (exact) mass is 320 g/mol. The van der Waals surface area contributed by atoms with Gasteiger partial charge in [0.25, 0.3) is 0 Å². The van der Waals surface area contributed by atoms with Crippen molar-refractivity contribution < 1.29 is 9.53 Å². The Balaban J connectivity index is 1.83. The van der Waals surface area contributed by atoms with Crippen molar-refractivity contribution in [2.45, 2.75) is 45.4 Å². The molecular weight excluding hydrogens is 296 g/mol. The van der Waals surface area contributed by atoms with Crippen molar-refractivity contribution >= 4 is 27.5 Å². The van der Waals surface area contributed by atoms with Crippen LogP contribution < -0.4 is 4.74 Å². The van der Waals surface area contributed by atoms with Crippen molar-refractivity contribution in [2.75, 3.05) is 0 Å². The van der Waals surface area contributed by atoms with Gasteiger partial charge in [0.15, 0.2) is 0 Å². The van der Waals surface area contributed by atoms with E-state index in [1.165, 1.54) is 19.3 Å². The van der Waals surface area contributed by atoms with E-state index in [0.717, 1.165) is 34.4 Å². The van der Waals surface area contributed by atoms with E-state index in [-0.39, 0.29) is 5.97 Å². The Kier molecular flexibility index (Phi) is 5.47. The fourth-order valence-electron chi connectivity index (χ4n) is 3.12. The van der Waals surface area contributed by atoms with Gasteiger partial charge in [-0.05, 0) is 23.3 Å². The molecule has 0 aliphatic carbocycles. The van der Waals surface area contributed by atoms with Gasteiger partial charge < -0.3 is 4.74 Å². The number of hydrogen-bond acceptors (Lipinski definition) is 2. The Morgan fingerprint density at radius 2 is 1.42 bits per heavy atom. The molecule has 0 heterocycles. The Morgan fingerprint density at radius 1 is 0.833 bits per heavy atom. The first-order valence-electron chi connectivity index (χ1n) is 8.91. The molecule has 2 heteroatoms. The van der Waals surface area contributed by atoms with Crippen LogP contribution in [-0.2, 0) is 4.79 Å². The molecular formula is C22H24O2. The molecule has 0 unspecified atom stereocenters. The van der Waals surface area contributed by atoms with Crippen molar-refractivity contribution in [2.24, 2.45) is 0 Å². The number of rotatable bonds is 7. The molecule has 0 bridgehead atoms. The molecule has 2 nitrogen and oxygen atoms in total. The predicted molar refractivity (Wildman–Crippen MR) is 100 cm³/mol. The summed E-state index contributed by atoms with van der Waals surface area (Å²) in [5.74, 6) is 0.565. The molecule has 124 valence electrons. The maximum absolute atomic E-state index is 12.3. The number of unbranched alkanes of at least 4 members (excludes halogenated alkanes) is 4. The summed E-state index contributed by atoms with van der Waals surface area (Å²) < 4.78 is 5.81. The quantitative estimate of drug-likeness (QED) is 0.222. The second kappa shape index (κ2) is 7.96. The molecule has 0 aliphatic rings. The molecule has 0 amide bonds. The number of hydrogen-bond donors (Lipinski definition) is 0. The smallest absolute Gasteiger partial charge is 0.311 e. The highest BCUT2D eigenvalue weighted by molar-refractivity contribution is 6.06. The first-order valence-corrected chi connectivity index (χ1v) is 8.91. The third kappa shape index (κ3) is 3.76. The third-order valence-electron chi connectivity index (χ3n) is 4.42. The maximum Gasteiger partial charge on any atom is 0.311 e. The Labute approximate surface area is 143 Å². The zero-order valence-corrected chi connectivity index (χ0v) is 14.3. The van der Waals surface area contributed by atoms with Gasteiger partial charge in [-0.2, -0.15) is 0 Å². The van der Waals surface area contributed by atoms with Crippen molar-refractivity contribution in [3.63, 3.8) is 0 Å². The van der Waals surface area contributed by atoms with Gasteiger partial charge in [-0.25, -0.2) is 0 Å². The summed E-state index contributed by atoms with van der Waals surface area (Å²) >= 11 is 0. The molecule has 0 saturated carbocycles. The topological polar surface area (TPSA) is 26.3 Å². The van der Waals surface area contributed by atoms with Crippen LogP contribution in [0.2, 0.25) is 0 Å². The van der Waals surface area contributed by atoms with Gasteiger partial charge in [-0.3, -0.25) is 4.79 Å². The van der Waals surface area contributed by atoms with E-state index in [2.05, 4.69) is 25.1 Å². The molecule has 24 heavy (non-hydrogen) atoms. The Hall–Kier alpha value is -2.35. The first-order chi connectivity index (χ1) is 11.8. The number of benzene rings is 3. The zero-order chi connectivity index (χ0) is 16.8. The highest BCUT2D eigenvalue weighted by Crippen LogP contribution is 2.35. The summed E-state index contributed by atoms with van der Waals surface area (Å²) in [5, 5.41) is 4.19. The van der Waals surface area contributed by atoms with Gasteiger partial charge >= 0.3 is 5.97 Å². The molecule has 0 fully saturated rings. The lowest BCUT2D eigenvalue weighted by molar-refractivity contribution is -0.134. The van der Waals surface area contributed by atoms with Crippen LogP contribution in [0.1, 0.15) is 45.4 Å². The van der Waals surface area contributed by atoms with E-state index >= 15 is 0 Å². The van der Waals surface area contributed by atoms with Crippen LogP contribution in [0.5, 0.6) is 5.75 Å². The van der Waals surface area contributed by atoms with Crippen LogP contribution in [0.3, 0.4) is 0 Å². The summed E-state index contributed by atoms with van der Waals surface area (Å²) in [7, 11) is 0. The predicted octanol–water partition coefficient (Wildman–Crippen LogP) is 6.26. The highest BCUT2D eigenvalue weighted by atomic mass is 16.5. The van der Waals surface area contributed by atoms with E-state index in [0.29, 0.717) is 12.2 Å². The number of esters is 1. The normalized spacial score (nSPS) is 11.0. The molecule has 0 spiro atoms. The van der Waals surface area contributed by atoms with Gasteiger partial charge in [-0.15, -0.1) is 0 Å². The average Bonchev–Trinajstić information content (AvgIpc) is 2.61. The summed E-state index contributed by atoms with van der Waals surface area (Å²) in [6.45, 7) is 2.19. The van der Waals surface area contributed by atoms with Crippen LogP contribution in [0.4, 0.5) is 0 Å². The van der Waals surface area contributed by atoms with E-state index in [1.807, 2.05) is 36.4 Å². The largest absolute Gasteiger partial charge is 0.425 e. The van der Waals surface area contributed by atoms with E-state index in [1.54, 1.807) is 0 Å². The minimum absolute atomic E-state index is 0.131. The minimum Gasteiger partial charge on any atom is -0.425 e. The summed E-state index contributed by atoms with van der Waals surface area (Å²) in [4.78, 5) is 12.3. The van der Waals surface area contributed by atoms with E-state index in [9.17, 15) is 4.79 Å². The van der Waals surface area contributed by atoms with Crippen LogP contribution in [0.15, 0.2) is 54.6 Å². The number of ether oxygens (including phenoxy) is 1. The van der Waals surface area contributed by atoms with Crippen molar-refractivity contribution in [1.82, 2.24) is 0 Å². The van der Waals surface area contributed by atoms with Crippen LogP contribution in [0, 0.1) is 0 Å². The zero-order valence-electron chi connectivity index (χ0n) is 14.3. The Morgan fingerprint density at radius 3 is 2.04 bits per heavy atom. The van der Waals surface area contributed by atoms with Gasteiger partial charge in [0.05, 0.1) is 0 Å². The SMILES string of the molecule is CCCCCCCC(=O)Oc1c2ccccc2cc2ccccc12. The highest BCUT2D eigenvalue weighted by Gasteiger charge is 2.12. The molecule has 0 aromatic heterocycles. The molecule has 0 atom stereocenters. The number of carbonyl (C=O) groups excluding carboxylic acids is 1. The summed E-state index contributed by atoms with van der Waals surface area (Å²) in [6.07, 6.45) is 6.14. The average molecular weight is 320 g/mol. The molecule has 3 aromatic carbocycles. The van der Waals surface area contributed by atoms with Crippen LogP contribution in [-0.4, -0.2) is 5.97 Å². The summed E-state index contributed by atoms with van der Waals surface area (Å²) in [6, 6.07) is 18.3. The number of carbonyl (C=O) groups is 1. The lowest BCUT2D eigenvalue weighted by Gasteiger charge is -2.12. The van der Waals surface area contributed by atoms with Crippen LogP contribution in [0.25, 0.3) is 21.5 Å².